The summed E-state index contributed by atoms with van der Waals surface area (Å²) in [4.78, 5) is 11.8. The first kappa shape index (κ1) is 17.4. The highest BCUT2D eigenvalue weighted by Gasteiger charge is 2.15. The summed E-state index contributed by atoms with van der Waals surface area (Å²) in [6.07, 6.45) is 3.15. The number of carbonyl (C=O) groups excluding carboxylic acids is 1. The standard InChI is InChI=1S/C14H30N2O2/c1-6-11(2)10-12(3)16-13(4)14(17)15-8-7-9-18-5/h11-13,16H,6-10H2,1-5H3,(H,15,17). The molecule has 0 aromatic carbocycles. The summed E-state index contributed by atoms with van der Waals surface area (Å²) >= 11 is 0. The molecule has 0 spiro atoms. The second kappa shape index (κ2) is 10.3. The average molecular weight is 258 g/mol. The van der Waals surface area contributed by atoms with Crippen molar-refractivity contribution in [2.75, 3.05) is 20.3 Å². The molecule has 0 bridgehead atoms. The molecular formula is C14H30N2O2. The third-order valence-electron chi connectivity index (χ3n) is 3.21. The number of hydrogen-bond donors (Lipinski definition) is 2. The summed E-state index contributed by atoms with van der Waals surface area (Å²) in [6.45, 7) is 9.86. The first-order valence-corrected chi connectivity index (χ1v) is 7.03. The van der Waals surface area contributed by atoms with E-state index in [4.69, 9.17) is 4.74 Å². The zero-order valence-corrected chi connectivity index (χ0v) is 12.6. The minimum absolute atomic E-state index is 0.0714. The Bertz CT molecular complexity index is 222. The highest BCUT2D eigenvalue weighted by Crippen LogP contribution is 2.09. The Morgan fingerprint density at radius 2 is 1.94 bits per heavy atom. The molecule has 0 aliphatic heterocycles. The van der Waals surface area contributed by atoms with Crippen molar-refractivity contribution in [2.45, 2.75) is 59.0 Å². The third-order valence-corrected chi connectivity index (χ3v) is 3.21. The highest BCUT2D eigenvalue weighted by molar-refractivity contribution is 5.81. The topological polar surface area (TPSA) is 50.4 Å². The number of carbonyl (C=O) groups is 1. The van der Waals surface area contributed by atoms with Crippen molar-refractivity contribution in [1.29, 1.82) is 0 Å². The lowest BCUT2D eigenvalue weighted by atomic mass is 10.00. The van der Waals surface area contributed by atoms with Gasteiger partial charge in [0.05, 0.1) is 6.04 Å². The molecule has 3 unspecified atom stereocenters. The molecular weight excluding hydrogens is 228 g/mol. The largest absolute Gasteiger partial charge is 0.385 e. The van der Waals surface area contributed by atoms with Crippen LogP contribution in [0.1, 0.15) is 47.0 Å². The molecule has 0 radical (unpaired) electrons. The van der Waals surface area contributed by atoms with Gasteiger partial charge in [-0.3, -0.25) is 4.79 Å². The van der Waals surface area contributed by atoms with Crippen molar-refractivity contribution in [2.24, 2.45) is 5.92 Å². The van der Waals surface area contributed by atoms with Crippen LogP contribution in [0, 0.1) is 5.92 Å². The van der Waals surface area contributed by atoms with E-state index in [1.807, 2.05) is 6.92 Å². The van der Waals surface area contributed by atoms with Gasteiger partial charge in [0.1, 0.15) is 0 Å². The van der Waals surface area contributed by atoms with Crippen LogP contribution in [0.4, 0.5) is 0 Å². The lowest BCUT2D eigenvalue weighted by Gasteiger charge is -2.21. The van der Waals surface area contributed by atoms with Crippen LogP contribution in [0.25, 0.3) is 0 Å². The zero-order chi connectivity index (χ0) is 14.0. The van der Waals surface area contributed by atoms with Gasteiger partial charge in [-0.05, 0) is 32.6 Å². The molecule has 0 saturated carbocycles. The van der Waals surface area contributed by atoms with Crippen molar-refractivity contribution in [3.8, 4) is 0 Å². The van der Waals surface area contributed by atoms with Gasteiger partial charge in [0, 0.05) is 26.3 Å². The molecule has 0 aromatic rings. The smallest absolute Gasteiger partial charge is 0.236 e. The number of amides is 1. The van der Waals surface area contributed by atoms with E-state index < -0.39 is 0 Å². The molecule has 108 valence electrons. The second-order valence-electron chi connectivity index (χ2n) is 5.18. The summed E-state index contributed by atoms with van der Waals surface area (Å²) in [6, 6.07) is 0.242. The molecule has 0 aromatic heterocycles. The SMILES string of the molecule is CCC(C)CC(C)NC(C)C(=O)NCCCOC. The van der Waals surface area contributed by atoms with Crippen LogP contribution < -0.4 is 10.6 Å². The number of rotatable bonds is 10. The second-order valence-corrected chi connectivity index (χ2v) is 5.18. The van der Waals surface area contributed by atoms with Crippen molar-refractivity contribution in [3.05, 3.63) is 0 Å². The fourth-order valence-electron chi connectivity index (χ4n) is 1.92. The predicted octanol–water partition coefficient (Wildman–Crippen LogP) is 1.94. The summed E-state index contributed by atoms with van der Waals surface area (Å²) in [7, 11) is 1.67. The Kier molecular flexibility index (Phi) is 9.98. The number of ether oxygens (including phenoxy) is 1. The normalized spacial score (nSPS) is 16.1. The van der Waals surface area contributed by atoms with Gasteiger partial charge in [0.25, 0.3) is 0 Å². The van der Waals surface area contributed by atoms with Crippen molar-refractivity contribution >= 4 is 5.91 Å². The van der Waals surface area contributed by atoms with Crippen LogP contribution in [0.2, 0.25) is 0 Å². The lowest BCUT2D eigenvalue weighted by Crippen LogP contribution is -2.46. The van der Waals surface area contributed by atoms with Gasteiger partial charge in [0.2, 0.25) is 5.91 Å². The van der Waals surface area contributed by atoms with Crippen LogP contribution >= 0.6 is 0 Å². The highest BCUT2D eigenvalue weighted by atomic mass is 16.5. The van der Waals surface area contributed by atoms with E-state index in [0.29, 0.717) is 25.1 Å². The van der Waals surface area contributed by atoms with E-state index in [1.165, 1.54) is 6.42 Å². The van der Waals surface area contributed by atoms with Gasteiger partial charge in [-0.25, -0.2) is 0 Å². The van der Waals surface area contributed by atoms with Crippen molar-refractivity contribution in [1.82, 2.24) is 10.6 Å². The summed E-state index contributed by atoms with van der Waals surface area (Å²) in [5, 5.41) is 6.25. The van der Waals surface area contributed by atoms with E-state index in [1.54, 1.807) is 7.11 Å². The molecule has 4 nitrogen and oxygen atoms in total. The molecule has 0 aliphatic carbocycles. The third kappa shape index (κ3) is 8.48. The maximum absolute atomic E-state index is 11.8. The van der Waals surface area contributed by atoms with E-state index >= 15 is 0 Å². The summed E-state index contributed by atoms with van der Waals surface area (Å²) in [5.41, 5.74) is 0. The molecule has 0 heterocycles. The first-order chi connectivity index (χ1) is 8.51. The fraction of sp³-hybridized carbons (Fsp3) is 0.929. The quantitative estimate of drug-likeness (QED) is 0.589. The molecule has 0 rings (SSSR count). The molecule has 1 amide bonds. The van der Waals surface area contributed by atoms with E-state index in [0.717, 1.165) is 12.8 Å². The number of methoxy groups -OCH3 is 1. The number of hydrogen-bond acceptors (Lipinski definition) is 3. The monoisotopic (exact) mass is 258 g/mol. The Labute approximate surface area is 112 Å². The molecule has 0 saturated heterocycles. The Morgan fingerprint density at radius 3 is 2.50 bits per heavy atom. The van der Waals surface area contributed by atoms with Crippen LogP contribution in [-0.4, -0.2) is 38.3 Å². The van der Waals surface area contributed by atoms with E-state index in [9.17, 15) is 4.79 Å². The van der Waals surface area contributed by atoms with Crippen LogP contribution in [0.15, 0.2) is 0 Å². The fourth-order valence-corrected chi connectivity index (χ4v) is 1.92. The minimum Gasteiger partial charge on any atom is -0.385 e. The van der Waals surface area contributed by atoms with Gasteiger partial charge in [-0.15, -0.1) is 0 Å². The Morgan fingerprint density at radius 1 is 1.28 bits per heavy atom. The van der Waals surface area contributed by atoms with Gasteiger partial charge >= 0.3 is 0 Å². The van der Waals surface area contributed by atoms with Crippen LogP contribution in [0.5, 0.6) is 0 Å². The van der Waals surface area contributed by atoms with E-state index in [-0.39, 0.29) is 11.9 Å². The molecule has 0 fully saturated rings. The van der Waals surface area contributed by atoms with Gasteiger partial charge in [0.15, 0.2) is 0 Å². The van der Waals surface area contributed by atoms with E-state index in [2.05, 4.69) is 31.4 Å². The van der Waals surface area contributed by atoms with Gasteiger partial charge < -0.3 is 15.4 Å². The number of nitrogens with one attached hydrogen (secondary N) is 2. The maximum atomic E-state index is 11.8. The molecule has 18 heavy (non-hydrogen) atoms. The summed E-state index contributed by atoms with van der Waals surface area (Å²) < 4.78 is 4.94. The maximum Gasteiger partial charge on any atom is 0.236 e. The van der Waals surface area contributed by atoms with Gasteiger partial charge in [-0.1, -0.05) is 20.3 Å². The minimum atomic E-state index is -0.133. The Hall–Kier alpha value is -0.610. The van der Waals surface area contributed by atoms with Crippen molar-refractivity contribution in [3.63, 3.8) is 0 Å². The van der Waals surface area contributed by atoms with Gasteiger partial charge in [-0.2, -0.15) is 0 Å². The predicted molar refractivity (Wildman–Crippen MR) is 75.6 cm³/mol. The molecule has 2 N–H and O–H groups in total. The average Bonchev–Trinajstić information content (AvgIpc) is 2.33. The Balaban J connectivity index is 3.78. The van der Waals surface area contributed by atoms with Crippen LogP contribution in [0.3, 0.4) is 0 Å². The first-order valence-electron chi connectivity index (χ1n) is 7.03. The van der Waals surface area contributed by atoms with Crippen molar-refractivity contribution < 1.29 is 9.53 Å². The molecule has 0 aliphatic rings. The van der Waals surface area contributed by atoms with Crippen LogP contribution in [-0.2, 0) is 9.53 Å². The molecule has 3 atom stereocenters. The zero-order valence-electron chi connectivity index (χ0n) is 12.6. The lowest BCUT2D eigenvalue weighted by molar-refractivity contribution is -0.123. The molecule has 4 heteroatoms. The summed E-state index contributed by atoms with van der Waals surface area (Å²) in [5.74, 6) is 0.770.